The minimum atomic E-state index is -0.525. The van der Waals surface area contributed by atoms with E-state index in [1.165, 1.54) is 12.1 Å². The van der Waals surface area contributed by atoms with Crippen molar-refractivity contribution in [2.45, 2.75) is 26.4 Å². The van der Waals surface area contributed by atoms with Crippen LogP contribution in [0.25, 0.3) is 10.9 Å². The van der Waals surface area contributed by atoms with Crippen LogP contribution in [0.15, 0.2) is 35.1 Å². The number of rotatable bonds is 4. The maximum atomic E-state index is 13.7. The summed E-state index contributed by atoms with van der Waals surface area (Å²) in [5, 5.41) is 4.10. The van der Waals surface area contributed by atoms with Crippen molar-refractivity contribution >= 4 is 34.1 Å². The highest BCUT2D eigenvalue weighted by atomic mass is 35.5. The highest BCUT2D eigenvalue weighted by Crippen LogP contribution is 2.28. The summed E-state index contributed by atoms with van der Waals surface area (Å²) >= 11 is 11.9. The first kappa shape index (κ1) is 17.9. The summed E-state index contributed by atoms with van der Waals surface area (Å²) in [6, 6.07) is 7.91. The van der Waals surface area contributed by atoms with E-state index in [1.54, 1.807) is 6.07 Å². The average molecular weight is 380 g/mol. The van der Waals surface area contributed by atoms with Gasteiger partial charge in [-0.15, -0.1) is 0 Å². The molecule has 1 aromatic heterocycles. The van der Waals surface area contributed by atoms with Crippen LogP contribution in [0.4, 0.5) is 4.39 Å². The van der Waals surface area contributed by atoms with Gasteiger partial charge in [-0.3, -0.25) is 4.79 Å². The zero-order valence-corrected chi connectivity index (χ0v) is 15.2. The Bertz CT molecular complexity index is 1000. The second-order valence-electron chi connectivity index (χ2n) is 5.87. The third-order valence-electron chi connectivity index (χ3n) is 4.07. The molecular formula is C18H16Cl2FN3O. The summed E-state index contributed by atoms with van der Waals surface area (Å²) in [4.78, 5) is 19.5. The van der Waals surface area contributed by atoms with Crippen LogP contribution in [0.1, 0.15) is 29.9 Å². The first-order valence-corrected chi connectivity index (χ1v) is 8.48. The Labute approximate surface area is 154 Å². The van der Waals surface area contributed by atoms with E-state index in [1.807, 2.05) is 26.0 Å². The number of nitrogens with one attached hydrogen (secondary N) is 2. The van der Waals surface area contributed by atoms with Crippen molar-refractivity contribution in [3.05, 3.63) is 73.5 Å². The lowest BCUT2D eigenvalue weighted by molar-refractivity contribution is 0.552. The van der Waals surface area contributed by atoms with E-state index < -0.39 is 5.82 Å². The summed E-state index contributed by atoms with van der Waals surface area (Å²) in [7, 11) is 0. The van der Waals surface area contributed by atoms with Crippen molar-refractivity contribution in [2.24, 2.45) is 0 Å². The highest BCUT2D eigenvalue weighted by Gasteiger charge is 2.14. The molecule has 2 N–H and O–H groups in total. The number of H-pyrrole nitrogens is 1. The fraction of sp³-hybridized carbons (Fsp3) is 0.222. The summed E-state index contributed by atoms with van der Waals surface area (Å²) in [6.45, 7) is 4.06. The quantitative estimate of drug-likeness (QED) is 0.654. The van der Waals surface area contributed by atoms with Crippen LogP contribution >= 0.6 is 23.2 Å². The summed E-state index contributed by atoms with van der Waals surface area (Å²) in [6.07, 6.45) is 0. The fourth-order valence-electron chi connectivity index (χ4n) is 2.67. The second-order valence-corrected chi connectivity index (χ2v) is 6.69. The van der Waals surface area contributed by atoms with Crippen molar-refractivity contribution < 1.29 is 4.39 Å². The molecule has 3 aromatic rings. The summed E-state index contributed by atoms with van der Waals surface area (Å²) in [5.41, 5.74) is 2.00. The SMILES string of the molecule is Cc1cccc2c(=O)[nH]c(CNC(C)c3cc(F)c(Cl)cc3Cl)nc12. The van der Waals surface area contributed by atoms with Gasteiger partial charge in [0.1, 0.15) is 11.6 Å². The van der Waals surface area contributed by atoms with Gasteiger partial charge >= 0.3 is 0 Å². The first-order valence-electron chi connectivity index (χ1n) is 7.73. The second kappa shape index (κ2) is 7.12. The first-order chi connectivity index (χ1) is 11.9. The van der Waals surface area contributed by atoms with Crippen molar-refractivity contribution in [1.29, 1.82) is 0 Å². The number of hydrogen-bond donors (Lipinski definition) is 2. The molecule has 0 bridgehead atoms. The van der Waals surface area contributed by atoms with Gasteiger partial charge in [-0.25, -0.2) is 9.37 Å². The minimum Gasteiger partial charge on any atom is -0.309 e. The van der Waals surface area contributed by atoms with Crippen LogP contribution in [0.5, 0.6) is 0 Å². The van der Waals surface area contributed by atoms with Gasteiger partial charge in [-0.2, -0.15) is 0 Å². The third-order valence-corrected chi connectivity index (χ3v) is 4.69. The topological polar surface area (TPSA) is 57.8 Å². The number of aromatic nitrogens is 2. The molecule has 3 rings (SSSR count). The van der Waals surface area contributed by atoms with Gasteiger partial charge in [-0.1, -0.05) is 35.3 Å². The molecule has 2 aromatic carbocycles. The van der Waals surface area contributed by atoms with Gasteiger partial charge in [0.2, 0.25) is 0 Å². The lowest BCUT2D eigenvalue weighted by Crippen LogP contribution is -2.22. The van der Waals surface area contributed by atoms with E-state index in [2.05, 4.69) is 15.3 Å². The van der Waals surface area contributed by atoms with Gasteiger partial charge in [-0.05, 0) is 43.2 Å². The Kier molecular flexibility index (Phi) is 5.08. The number of halogens is 3. The molecule has 7 heteroatoms. The zero-order chi connectivity index (χ0) is 18.1. The van der Waals surface area contributed by atoms with E-state index in [0.29, 0.717) is 33.9 Å². The van der Waals surface area contributed by atoms with Gasteiger partial charge in [0, 0.05) is 11.1 Å². The fourth-order valence-corrected chi connectivity index (χ4v) is 3.21. The standard InChI is InChI=1S/C18H16Cl2FN3O/c1-9-4-3-5-11-17(9)23-16(24-18(11)25)8-22-10(2)12-6-15(21)14(20)7-13(12)19/h3-7,10,22H,8H2,1-2H3,(H,23,24,25). The number of aryl methyl sites for hydroxylation is 1. The zero-order valence-electron chi connectivity index (χ0n) is 13.7. The normalized spacial score (nSPS) is 12.5. The molecule has 0 amide bonds. The molecule has 0 spiro atoms. The third kappa shape index (κ3) is 3.68. The predicted molar refractivity (Wildman–Crippen MR) is 98.8 cm³/mol. The minimum absolute atomic E-state index is 0.0167. The number of aromatic amines is 1. The smallest absolute Gasteiger partial charge is 0.258 e. The molecule has 0 saturated heterocycles. The maximum Gasteiger partial charge on any atom is 0.258 e. The van der Waals surface area contributed by atoms with Crippen LogP contribution in [0, 0.1) is 12.7 Å². The lowest BCUT2D eigenvalue weighted by atomic mass is 10.1. The monoisotopic (exact) mass is 379 g/mol. The Morgan fingerprint density at radius 1 is 1.28 bits per heavy atom. The molecule has 0 radical (unpaired) electrons. The number of nitrogens with zero attached hydrogens (tertiary/aromatic N) is 1. The number of fused-ring (bicyclic) bond motifs is 1. The van der Waals surface area contributed by atoms with Gasteiger partial charge in [0.15, 0.2) is 0 Å². The molecule has 0 fully saturated rings. The summed E-state index contributed by atoms with van der Waals surface area (Å²) in [5.74, 6) is -0.0215. The van der Waals surface area contributed by atoms with Crippen molar-refractivity contribution in [2.75, 3.05) is 0 Å². The lowest BCUT2D eigenvalue weighted by Gasteiger charge is -2.16. The Morgan fingerprint density at radius 3 is 2.80 bits per heavy atom. The predicted octanol–water partition coefficient (Wildman–Crippen LogP) is 4.53. The van der Waals surface area contributed by atoms with Gasteiger partial charge < -0.3 is 10.3 Å². The van der Waals surface area contributed by atoms with E-state index in [-0.39, 0.29) is 16.6 Å². The van der Waals surface area contributed by atoms with Crippen molar-refractivity contribution in [1.82, 2.24) is 15.3 Å². The van der Waals surface area contributed by atoms with Crippen molar-refractivity contribution in [3.63, 3.8) is 0 Å². The number of benzene rings is 2. The van der Waals surface area contributed by atoms with Crippen LogP contribution < -0.4 is 10.9 Å². The highest BCUT2D eigenvalue weighted by molar-refractivity contribution is 6.35. The number of hydrogen-bond acceptors (Lipinski definition) is 3. The van der Waals surface area contributed by atoms with Crippen LogP contribution in [-0.2, 0) is 6.54 Å². The largest absolute Gasteiger partial charge is 0.309 e. The Balaban J connectivity index is 1.84. The van der Waals surface area contributed by atoms with Crippen molar-refractivity contribution in [3.8, 4) is 0 Å². The van der Waals surface area contributed by atoms with E-state index in [4.69, 9.17) is 23.2 Å². The van der Waals surface area contributed by atoms with E-state index >= 15 is 0 Å². The molecule has 0 saturated carbocycles. The number of para-hydroxylation sites is 1. The molecule has 130 valence electrons. The van der Waals surface area contributed by atoms with Gasteiger partial charge in [0.05, 0.1) is 22.5 Å². The molecule has 1 atom stereocenters. The van der Waals surface area contributed by atoms with Crippen LogP contribution in [-0.4, -0.2) is 9.97 Å². The average Bonchev–Trinajstić information content (AvgIpc) is 2.57. The Hall–Kier alpha value is -1.95. The molecular weight excluding hydrogens is 364 g/mol. The Morgan fingerprint density at radius 2 is 2.04 bits per heavy atom. The maximum absolute atomic E-state index is 13.7. The van der Waals surface area contributed by atoms with E-state index in [9.17, 15) is 9.18 Å². The van der Waals surface area contributed by atoms with Crippen LogP contribution in [0.2, 0.25) is 10.0 Å². The van der Waals surface area contributed by atoms with Gasteiger partial charge in [0.25, 0.3) is 5.56 Å². The molecule has 4 nitrogen and oxygen atoms in total. The molecule has 1 heterocycles. The molecule has 0 aliphatic carbocycles. The van der Waals surface area contributed by atoms with E-state index in [0.717, 1.165) is 5.56 Å². The van der Waals surface area contributed by atoms with Crippen LogP contribution in [0.3, 0.4) is 0 Å². The molecule has 0 aliphatic rings. The molecule has 0 aliphatic heterocycles. The molecule has 1 unspecified atom stereocenters. The molecule has 25 heavy (non-hydrogen) atoms. The summed E-state index contributed by atoms with van der Waals surface area (Å²) < 4.78 is 13.7.